The molecule has 9 heteroatoms. The average Bonchev–Trinajstić information content (AvgIpc) is 3.20. The summed E-state index contributed by atoms with van der Waals surface area (Å²) in [6.45, 7) is -0.0222. The minimum Gasteiger partial charge on any atom is -0.497 e. The number of nitrogens with one attached hydrogen (secondary N) is 1. The molecule has 0 unspecified atom stereocenters. The van der Waals surface area contributed by atoms with Crippen LogP contribution in [0.2, 0.25) is 0 Å². The van der Waals surface area contributed by atoms with Gasteiger partial charge in [-0.1, -0.05) is 12.1 Å². The lowest BCUT2D eigenvalue weighted by Crippen LogP contribution is -2.50. The van der Waals surface area contributed by atoms with Crippen molar-refractivity contribution in [1.29, 1.82) is 0 Å². The van der Waals surface area contributed by atoms with E-state index in [4.69, 9.17) is 9.47 Å². The molecular formula is C22H21FN4O4. The fourth-order valence-electron chi connectivity index (χ4n) is 3.37. The number of aromatic nitrogens is 2. The molecular weight excluding hydrogens is 403 g/mol. The number of methoxy groups -OCH3 is 1. The number of carbonyl (C=O) groups excluding carboxylic acids is 2. The second-order valence-electron chi connectivity index (χ2n) is 7.14. The maximum Gasteiger partial charge on any atom is 0.342 e. The molecule has 2 heterocycles. The highest BCUT2D eigenvalue weighted by molar-refractivity contribution is 6.00. The van der Waals surface area contributed by atoms with E-state index in [1.54, 1.807) is 43.6 Å². The molecule has 0 spiro atoms. The molecule has 1 atom stereocenters. The van der Waals surface area contributed by atoms with E-state index in [1.165, 1.54) is 30.3 Å². The van der Waals surface area contributed by atoms with E-state index in [0.29, 0.717) is 23.6 Å². The molecule has 0 fully saturated rings. The zero-order valence-corrected chi connectivity index (χ0v) is 17.0. The first-order chi connectivity index (χ1) is 14.9. The molecule has 8 nitrogen and oxygen atoms in total. The third-order valence-corrected chi connectivity index (χ3v) is 5.00. The van der Waals surface area contributed by atoms with Crippen molar-refractivity contribution >= 4 is 17.6 Å². The Labute approximate surface area is 178 Å². The van der Waals surface area contributed by atoms with Crippen molar-refractivity contribution in [3.63, 3.8) is 0 Å². The normalized spacial score (nSPS) is 15.6. The predicted molar refractivity (Wildman–Crippen MR) is 111 cm³/mol. The van der Waals surface area contributed by atoms with Gasteiger partial charge in [-0.25, -0.2) is 9.18 Å². The van der Waals surface area contributed by atoms with Gasteiger partial charge in [0.05, 0.1) is 19.0 Å². The minimum atomic E-state index is -0.897. The number of hydrogen-bond donors (Lipinski definition) is 1. The first-order valence-corrected chi connectivity index (χ1v) is 9.62. The molecule has 1 aliphatic heterocycles. The second kappa shape index (κ2) is 8.47. The zero-order chi connectivity index (χ0) is 22.0. The topological polar surface area (TPSA) is 85.7 Å². The van der Waals surface area contributed by atoms with Crippen LogP contribution in [0.3, 0.4) is 0 Å². The number of anilines is 1. The number of fused-ring (bicyclic) bond motifs is 1. The summed E-state index contributed by atoms with van der Waals surface area (Å²) in [5.74, 6) is 0.460. The average molecular weight is 424 g/mol. The largest absolute Gasteiger partial charge is 0.497 e. The Balaban J connectivity index is 1.45. The molecule has 2 aromatic carbocycles. The van der Waals surface area contributed by atoms with Crippen molar-refractivity contribution in [3.8, 4) is 11.5 Å². The van der Waals surface area contributed by atoms with Crippen LogP contribution in [0.5, 0.6) is 11.5 Å². The Bertz CT molecular complexity index is 1130. The van der Waals surface area contributed by atoms with Gasteiger partial charge in [-0.3, -0.25) is 4.79 Å². The number of halogens is 1. The highest BCUT2D eigenvalue weighted by Crippen LogP contribution is 2.34. The molecule has 0 aliphatic carbocycles. The van der Waals surface area contributed by atoms with Crippen LogP contribution in [-0.2, 0) is 11.2 Å². The molecule has 4 rings (SSSR count). The smallest absolute Gasteiger partial charge is 0.342 e. The number of carbonyl (C=O) groups is 2. The van der Waals surface area contributed by atoms with Crippen molar-refractivity contribution in [1.82, 2.24) is 15.1 Å². The number of benzene rings is 2. The summed E-state index contributed by atoms with van der Waals surface area (Å²) >= 11 is 0. The monoisotopic (exact) mass is 424 g/mol. The van der Waals surface area contributed by atoms with E-state index >= 15 is 0 Å². The standard InChI is InChI=1S/C22H21FN4O4/c1-26-19-10-17(30-2)6-7-20(19)31-13-18(21(26)28)25-22(29)27-12-15(11-24-27)8-14-4-3-5-16(23)9-14/h3-7,9-12,18H,8,13H2,1-2H3,(H,25,29)/t18-/m0/s1. The van der Waals surface area contributed by atoms with Gasteiger partial charge in [0, 0.05) is 25.7 Å². The van der Waals surface area contributed by atoms with Crippen LogP contribution in [-0.4, -0.2) is 48.5 Å². The Morgan fingerprint density at radius 2 is 2.13 bits per heavy atom. The number of rotatable bonds is 4. The molecule has 0 saturated carbocycles. The first kappa shape index (κ1) is 20.4. The molecule has 1 aliphatic rings. The summed E-state index contributed by atoms with van der Waals surface area (Å²) in [7, 11) is 3.15. The fraction of sp³-hybridized carbons (Fsp3) is 0.227. The van der Waals surface area contributed by atoms with Crippen molar-refractivity contribution in [2.24, 2.45) is 0 Å². The van der Waals surface area contributed by atoms with Crippen LogP contribution < -0.4 is 19.7 Å². The summed E-state index contributed by atoms with van der Waals surface area (Å²) in [4.78, 5) is 27.0. The van der Waals surface area contributed by atoms with Gasteiger partial charge >= 0.3 is 6.03 Å². The number of amides is 2. The Morgan fingerprint density at radius 3 is 2.90 bits per heavy atom. The molecule has 0 saturated heterocycles. The van der Waals surface area contributed by atoms with Crippen LogP contribution in [0.1, 0.15) is 11.1 Å². The summed E-state index contributed by atoms with van der Waals surface area (Å²) < 4.78 is 25.4. The summed E-state index contributed by atoms with van der Waals surface area (Å²) in [5.41, 5.74) is 2.06. The fourth-order valence-corrected chi connectivity index (χ4v) is 3.37. The summed E-state index contributed by atoms with van der Waals surface area (Å²) in [5, 5.41) is 6.72. The Morgan fingerprint density at radius 1 is 1.29 bits per heavy atom. The van der Waals surface area contributed by atoms with Crippen molar-refractivity contribution in [2.75, 3.05) is 25.7 Å². The number of likely N-dealkylation sites (N-methyl/N-ethyl adjacent to an activating group) is 1. The Kier molecular flexibility index (Phi) is 5.57. The molecule has 2 amide bonds. The van der Waals surface area contributed by atoms with Crippen LogP contribution >= 0.6 is 0 Å². The van der Waals surface area contributed by atoms with Crippen LogP contribution in [0.4, 0.5) is 14.9 Å². The quantitative estimate of drug-likeness (QED) is 0.696. The maximum absolute atomic E-state index is 13.4. The SMILES string of the molecule is COc1ccc2c(c1)N(C)C(=O)[C@@H](NC(=O)n1cc(Cc3cccc(F)c3)cn1)CO2. The maximum atomic E-state index is 13.4. The lowest BCUT2D eigenvalue weighted by Gasteiger charge is -2.20. The number of hydrogen-bond acceptors (Lipinski definition) is 5. The van der Waals surface area contributed by atoms with E-state index in [-0.39, 0.29) is 18.3 Å². The van der Waals surface area contributed by atoms with E-state index in [9.17, 15) is 14.0 Å². The lowest BCUT2D eigenvalue weighted by molar-refractivity contribution is -0.120. The second-order valence-corrected chi connectivity index (χ2v) is 7.14. The van der Waals surface area contributed by atoms with Crippen molar-refractivity contribution in [3.05, 3.63) is 71.8 Å². The van der Waals surface area contributed by atoms with E-state index in [2.05, 4.69) is 10.4 Å². The van der Waals surface area contributed by atoms with Crippen molar-refractivity contribution in [2.45, 2.75) is 12.5 Å². The molecule has 160 valence electrons. The van der Waals surface area contributed by atoms with E-state index in [1.807, 2.05) is 0 Å². The van der Waals surface area contributed by atoms with Gasteiger partial charge in [-0.05, 0) is 35.4 Å². The highest BCUT2D eigenvalue weighted by Gasteiger charge is 2.31. The van der Waals surface area contributed by atoms with Gasteiger partial charge in [-0.15, -0.1) is 0 Å². The van der Waals surface area contributed by atoms with Gasteiger partial charge in [-0.2, -0.15) is 9.78 Å². The predicted octanol–water partition coefficient (Wildman–Crippen LogP) is 2.60. The van der Waals surface area contributed by atoms with Gasteiger partial charge in [0.25, 0.3) is 5.91 Å². The molecule has 1 aromatic heterocycles. The first-order valence-electron chi connectivity index (χ1n) is 9.62. The highest BCUT2D eigenvalue weighted by atomic mass is 19.1. The lowest BCUT2D eigenvalue weighted by atomic mass is 10.1. The van der Waals surface area contributed by atoms with Gasteiger partial charge in [0.2, 0.25) is 0 Å². The third kappa shape index (κ3) is 4.35. The van der Waals surface area contributed by atoms with E-state index in [0.717, 1.165) is 15.8 Å². The molecule has 3 aromatic rings. The molecule has 0 radical (unpaired) electrons. The van der Waals surface area contributed by atoms with Gasteiger partial charge in [0.1, 0.15) is 30.0 Å². The van der Waals surface area contributed by atoms with Crippen LogP contribution in [0.15, 0.2) is 54.9 Å². The number of nitrogens with zero attached hydrogens (tertiary/aromatic N) is 3. The molecule has 0 bridgehead atoms. The molecule has 1 N–H and O–H groups in total. The Hall–Kier alpha value is -3.88. The minimum absolute atomic E-state index is 0.0222. The zero-order valence-electron chi connectivity index (χ0n) is 17.0. The van der Waals surface area contributed by atoms with Crippen molar-refractivity contribution < 1.29 is 23.5 Å². The van der Waals surface area contributed by atoms with Crippen LogP contribution in [0.25, 0.3) is 0 Å². The number of ether oxygens (including phenoxy) is 2. The third-order valence-electron chi connectivity index (χ3n) is 5.00. The van der Waals surface area contributed by atoms with E-state index < -0.39 is 12.1 Å². The molecule has 31 heavy (non-hydrogen) atoms. The summed E-state index contributed by atoms with van der Waals surface area (Å²) in [6.07, 6.45) is 3.51. The van der Waals surface area contributed by atoms with Gasteiger partial charge < -0.3 is 19.7 Å². The van der Waals surface area contributed by atoms with Crippen LogP contribution in [0, 0.1) is 5.82 Å². The summed E-state index contributed by atoms with van der Waals surface area (Å²) in [6, 6.07) is 9.92. The van der Waals surface area contributed by atoms with Gasteiger partial charge in [0.15, 0.2) is 0 Å².